The maximum absolute atomic E-state index is 12.1. The molecule has 3 rings (SSSR count). The van der Waals surface area contributed by atoms with Crippen molar-refractivity contribution in [3.05, 3.63) is 65.0 Å². The van der Waals surface area contributed by atoms with Gasteiger partial charge in [-0.05, 0) is 30.7 Å². The Kier molecular flexibility index (Phi) is 8.16. The Labute approximate surface area is 195 Å². The molecule has 0 fully saturated rings. The minimum atomic E-state index is -0.673. The lowest BCUT2D eigenvalue weighted by atomic mass is 10.1. The van der Waals surface area contributed by atoms with Gasteiger partial charge in [-0.2, -0.15) is 5.26 Å². The van der Waals surface area contributed by atoms with Gasteiger partial charge < -0.3 is 14.2 Å². The van der Waals surface area contributed by atoms with Crippen LogP contribution in [0.3, 0.4) is 0 Å². The molecule has 0 radical (unpaired) electrons. The van der Waals surface area contributed by atoms with Crippen LogP contribution < -0.4 is 14.8 Å². The Balaban J connectivity index is 1.49. The largest absolute Gasteiger partial charge is 0.493 e. The van der Waals surface area contributed by atoms with Crippen molar-refractivity contribution in [3.8, 4) is 28.8 Å². The lowest BCUT2D eigenvalue weighted by Crippen LogP contribution is -2.20. The molecule has 1 heterocycles. The smallest absolute Gasteiger partial charge is 0.331 e. The standard InChI is InChI=1S/C24H21N3O5S/c1-16-3-7-18(8-4-16)19-15-33-24(26-19)27-22(28)14-32-23(29)10-6-17-5-9-20(31-12-11-25)21(13-17)30-2/h3-10,13,15H,12,14H2,1-2H3,(H,26,27,28). The van der Waals surface area contributed by atoms with Crippen LogP contribution in [0.1, 0.15) is 11.1 Å². The number of nitrogens with zero attached hydrogens (tertiary/aromatic N) is 2. The number of thiazole rings is 1. The molecule has 33 heavy (non-hydrogen) atoms. The van der Waals surface area contributed by atoms with Crippen molar-refractivity contribution in [2.45, 2.75) is 6.92 Å². The summed E-state index contributed by atoms with van der Waals surface area (Å²) in [5.74, 6) is -0.313. The number of aryl methyl sites for hydroxylation is 1. The number of nitrogens with one attached hydrogen (secondary N) is 1. The monoisotopic (exact) mass is 463 g/mol. The number of aromatic nitrogens is 1. The summed E-state index contributed by atoms with van der Waals surface area (Å²) in [6.07, 6.45) is 2.72. The van der Waals surface area contributed by atoms with E-state index in [0.717, 1.165) is 16.8 Å². The summed E-state index contributed by atoms with van der Waals surface area (Å²) in [4.78, 5) is 28.4. The lowest BCUT2D eigenvalue weighted by molar-refractivity contribution is -0.142. The number of rotatable bonds is 9. The van der Waals surface area contributed by atoms with Crippen LogP contribution in [0.25, 0.3) is 17.3 Å². The summed E-state index contributed by atoms with van der Waals surface area (Å²) < 4.78 is 15.5. The number of nitriles is 1. The van der Waals surface area contributed by atoms with Crippen LogP contribution in [0.15, 0.2) is 53.9 Å². The third-order valence-corrected chi connectivity index (χ3v) is 5.09. The van der Waals surface area contributed by atoms with Crippen LogP contribution in [-0.4, -0.2) is 37.2 Å². The second-order valence-corrected chi connectivity index (χ2v) is 7.61. The molecule has 1 amide bonds. The maximum atomic E-state index is 12.1. The molecule has 0 unspecified atom stereocenters. The molecule has 0 saturated heterocycles. The molecule has 8 nitrogen and oxygen atoms in total. The van der Waals surface area contributed by atoms with E-state index in [2.05, 4.69) is 10.3 Å². The van der Waals surface area contributed by atoms with Crippen molar-refractivity contribution in [1.29, 1.82) is 5.26 Å². The van der Waals surface area contributed by atoms with Crippen LogP contribution in [0.5, 0.6) is 11.5 Å². The maximum Gasteiger partial charge on any atom is 0.331 e. The van der Waals surface area contributed by atoms with Gasteiger partial charge in [0.15, 0.2) is 29.8 Å². The van der Waals surface area contributed by atoms with Gasteiger partial charge in [-0.1, -0.05) is 35.9 Å². The summed E-state index contributed by atoms with van der Waals surface area (Å²) in [5.41, 5.74) is 3.52. The molecule has 0 aliphatic rings. The van der Waals surface area contributed by atoms with Gasteiger partial charge in [0.05, 0.1) is 12.8 Å². The zero-order valence-corrected chi connectivity index (χ0v) is 18.8. The number of benzene rings is 2. The summed E-state index contributed by atoms with van der Waals surface area (Å²) in [6.45, 7) is 1.47. The number of hydrogen-bond acceptors (Lipinski definition) is 8. The molecule has 1 aromatic heterocycles. The second kappa shape index (κ2) is 11.5. The molecular weight excluding hydrogens is 442 g/mol. The molecular formula is C24H21N3O5S. The number of ether oxygens (including phenoxy) is 3. The average Bonchev–Trinajstić information content (AvgIpc) is 3.29. The van der Waals surface area contributed by atoms with E-state index < -0.39 is 18.5 Å². The fraction of sp³-hybridized carbons (Fsp3) is 0.167. The highest BCUT2D eigenvalue weighted by atomic mass is 32.1. The predicted octanol–water partition coefficient (Wildman–Crippen LogP) is 4.22. The quantitative estimate of drug-likeness (QED) is 0.373. The number of anilines is 1. The molecule has 2 aromatic carbocycles. The first-order valence-corrected chi connectivity index (χ1v) is 10.7. The number of amides is 1. The third-order valence-electron chi connectivity index (χ3n) is 4.34. The van der Waals surface area contributed by atoms with Gasteiger partial charge in [0, 0.05) is 17.0 Å². The molecule has 0 spiro atoms. The van der Waals surface area contributed by atoms with Crippen molar-refractivity contribution in [1.82, 2.24) is 4.98 Å². The second-order valence-electron chi connectivity index (χ2n) is 6.75. The Morgan fingerprint density at radius 1 is 1.18 bits per heavy atom. The normalized spacial score (nSPS) is 10.5. The SMILES string of the molecule is COc1cc(C=CC(=O)OCC(=O)Nc2nc(-c3ccc(C)cc3)cs2)ccc1OCC#N. The summed E-state index contributed by atoms with van der Waals surface area (Å²) in [7, 11) is 1.47. The van der Waals surface area contributed by atoms with E-state index in [9.17, 15) is 9.59 Å². The van der Waals surface area contributed by atoms with E-state index in [4.69, 9.17) is 19.5 Å². The van der Waals surface area contributed by atoms with Crippen LogP contribution in [0, 0.1) is 18.3 Å². The minimum absolute atomic E-state index is 0.103. The van der Waals surface area contributed by atoms with Crippen LogP contribution in [0.2, 0.25) is 0 Å². The number of hydrogen-bond donors (Lipinski definition) is 1. The average molecular weight is 464 g/mol. The number of carbonyl (C=O) groups excluding carboxylic acids is 2. The van der Waals surface area contributed by atoms with Gasteiger partial charge in [0.2, 0.25) is 0 Å². The molecule has 3 aromatic rings. The number of esters is 1. The van der Waals surface area contributed by atoms with Gasteiger partial charge >= 0.3 is 5.97 Å². The van der Waals surface area contributed by atoms with Crippen LogP contribution >= 0.6 is 11.3 Å². The van der Waals surface area contributed by atoms with Crippen molar-refractivity contribution >= 4 is 34.4 Å². The predicted molar refractivity (Wildman–Crippen MR) is 125 cm³/mol. The first-order chi connectivity index (χ1) is 16.0. The highest BCUT2D eigenvalue weighted by molar-refractivity contribution is 7.14. The fourth-order valence-electron chi connectivity index (χ4n) is 2.71. The highest BCUT2D eigenvalue weighted by Gasteiger charge is 2.10. The van der Waals surface area contributed by atoms with Gasteiger partial charge in [0.25, 0.3) is 5.91 Å². The molecule has 0 aliphatic carbocycles. The molecule has 0 aliphatic heterocycles. The van der Waals surface area contributed by atoms with E-state index in [0.29, 0.717) is 22.2 Å². The van der Waals surface area contributed by atoms with Crippen molar-refractivity contribution in [2.75, 3.05) is 25.6 Å². The number of carbonyl (C=O) groups is 2. The zero-order valence-electron chi connectivity index (χ0n) is 18.0. The summed E-state index contributed by atoms with van der Waals surface area (Å²) >= 11 is 1.29. The Morgan fingerprint density at radius 2 is 1.97 bits per heavy atom. The van der Waals surface area contributed by atoms with Gasteiger partial charge in [-0.3, -0.25) is 10.1 Å². The lowest BCUT2D eigenvalue weighted by Gasteiger charge is -2.08. The third kappa shape index (κ3) is 6.92. The van der Waals surface area contributed by atoms with Gasteiger partial charge in [-0.15, -0.1) is 11.3 Å². The Morgan fingerprint density at radius 3 is 2.70 bits per heavy atom. The van der Waals surface area contributed by atoms with Crippen molar-refractivity contribution in [3.63, 3.8) is 0 Å². The zero-order chi connectivity index (χ0) is 23.6. The molecule has 1 N–H and O–H groups in total. The van der Waals surface area contributed by atoms with Crippen LogP contribution in [0.4, 0.5) is 5.13 Å². The first kappa shape index (κ1) is 23.5. The van der Waals surface area contributed by atoms with Crippen molar-refractivity contribution in [2.24, 2.45) is 0 Å². The van der Waals surface area contributed by atoms with E-state index in [-0.39, 0.29) is 6.61 Å². The van der Waals surface area contributed by atoms with E-state index in [1.54, 1.807) is 18.2 Å². The number of methoxy groups -OCH3 is 1. The van der Waals surface area contributed by atoms with E-state index in [1.807, 2.05) is 42.6 Å². The van der Waals surface area contributed by atoms with Crippen molar-refractivity contribution < 1.29 is 23.8 Å². The fourth-order valence-corrected chi connectivity index (χ4v) is 3.45. The topological polar surface area (TPSA) is 111 Å². The molecule has 0 atom stereocenters. The van der Waals surface area contributed by atoms with E-state index in [1.165, 1.54) is 30.6 Å². The molecule has 0 saturated carbocycles. The van der Waals surface area contributed by atoms with Crippen LogP contribution in [-0.2, 0) is 14.3 Å². The van der Waals surface area contributed by atoms with Gasteiger partial charge in [-0.25, -0.2) is 9.78 Å². The highest BCUT2D eigenvalue weighted by Crippen LogP contribution is 2.28. The minimum Gasteiger partial charge on any atom is -0.493 e. The molecule has 168 valence electrons. The molecule has 0 bridgehead atoms. The Hall–Kier alpha value is -4.16. The summed E-state index contributed by atoms with van der Waals surface area (Å²) in [5, 5.41) is 13.5. The molecule has 9 heteroatoms. The van der Waals surface area contributed by atoms with E-state index >= 15 is 0 Å². The van der Waals surface area contributed by atoms with Gasteiger partial charge in [0.1, 0.15) is 6.07 Å². The first-order valence-electron chi connectivity index (χ1n) is 9.83. The summed E-state index contributed by atoms with van der Waals surface area (Å²) in [6, 6.07) is 14.8. The Bertz CT molecular complexity index is 1200.